The second-order valence-electron chi connectivity index (χ2n) is 4.73. The molecule has 1 aromatic rings. The number of hydrogen-bond donors (Lipinski definition) is 1. The molecule has 0 aromatic carbocycles. The summed E-state index contributed by atoms with van der Waals surface area (Å²) in [6.45, 7) is 13.2. The van der Waals surface area contributed by atoms with E-state index in [1.807, 2.05) is 6.92 Å². The predicted molar refractivity (Wildman–Crippen MR) is 73.7 cm³/mol. The third kappa shape index (κ3) is 4.05. The number of aromatic nitrogens is 1. The summed E-state index contributed by atoms with van der Waals surface area (Å²) < 4.78 is 5.72. The zero-order chi connectivity index (χ0) is 12.9. The van der Waals surface area contributed by atoms with Crippen molar-refractivity contribution in [1.82, 2.24) is 10.3 Å². The van der Waals surface area contributed by atoms with Crippen molar-refractivity contribution in [2.75, 3.05) is 19.7 Å². The Balaban J connectivity index is 2.70. The van der Waals surface area contributed by atoms with E-state index >= 15 is 0 Å². The molecule has 1 unspecified atom stereocenters. The van der Waals surface area contributed by atoms with Crippen LogP contribution in [0.2, 0.25) is 0 Å². The van der Waals surface area contributed by atoms with Crippen molar-refractivity contribution in [3.8, 4) is 0 Å². The quantitative estimate of drug-likeness (QED) is 0.814. The first-order valence-electron chi connectivity index (χ1n) is 6.31. The van der Waals surface area contributed by atoms with Crippen LogP contribution in [0.25, 0.3) is 0 Å². The fourth-order valence-electron chi connectivity index (χ4n) is 1.68. The highest BCUT2D eigenvalue weighted by Crippen LogP contribution is 2.29. The lowest BCUT2D eigenvalue weighted by atomic mass is 10.1. The molecule has 0 aliphatic heterocycles. The zero-order valence-electron chi connectivity index (χ0n) is 11.5. The third-order valence-corrected chi connectivity index (χ3v) is 3.91. The molecule has 1 atom stereocenters. The maximum absolute atomic E-state index is 5.72. The number of nitrogens with zero attached hydrogens (tertiary/aromatic N) is 1. The van der Waals surface area contributed by atoms with Gasteiger partial charge in [0.05, 0.1) is 5.69 Å². The Morgan fingerprint density at radius 1 is 1.47 bits per heavy atom. The first-order chi connectivity index (χ1) is 8.01. The third-order valence-electron chi connectivity index (χ3n) is 2.75. The van der Waals surface area contributed by atoms with E-state index in [1.165, 1.54) is 5.69 Å². The monoisotopic (exact) mass is 256 g/mol. The SMILES string of the molecule is CCNCC(C)c1csc(C(C)(C)OCC)n1. The van der Waals surface area contributed by atoms with Crippen molar-refractivity contribution in [3.63, 3.8) is 0 Å². The second kappa shape index (κ2) is 6.47. The van der Waals surface area contributed by atoms with Gasteiger partial charge >= 0.3 is 0 Å². The van der Waals surface area contributed by atoms with Gasteiger partial charge in [0, 0.05) is 24.4 Å². The molecule has 1 heterocycles. The van der Waals surface area contributed by atoms with Crippen LogP contribution in [0.3, 0.4) is 0 Å². The van der Waals surface area contributed by atoms with E-state index in [1.54, 1.807) is 11.3 Å². The molecule has 0 amide bonds. The molecule has 0 saturated heterocycles. The predicted octanol–water partition coefficient (Wildman–Crippen LogP) is 3.13. The van der Waals surface area contributed by atoms with E-state index in [0.29, 0.717) is 5.92 Å². The van der Waals surface area contributed by atoms with E-state index in [9.17, 15) is 0 Å². The number of nitrogens with one attached hydrogen (secondary N) is 1. The second-order valence-corrected chi connectivity index (χ2v) is 5.59. The molecule has 0 radical (unpaired) electrons. The summed E-state index contributed by atoms with van der Waals surface area (Å²) in [5.74, 6) is 0.456. The van der Waals surface area contributed by atoms with Gasteiger partial charge in [-0.2, -0.15) is 0 Å². The average molecular weight is 256 g/mol. The summed E-state index contributed by atoms with van der Waals surface area (Å²) in [6.07, 6.45) is 0. The molecule has 0 fully saturated rings. The van der Waals surface area contributed by atoms with E-state index in [4.69, 9.17) is 9.72 Å². The first-order valence-corrected chi connectivity index (χ1v) is 7.19. The number of likely N-dealkylation sites (N-methyl/N-ethyl adjacent to an activating group) is 1. The van der Waals surface area contributed by atoms with E-state index < -0.39 is 0 Å². The Morgan fingerprint density at radius 2 is 2.18 bits per heavy atom. The zero-order valence-corrected chi connectivity index (χ0v) is 12.4. The van der Waals surface area contributed by atoms with E-state index in [2.05, 4.69) is 38.4 Å². The van der Waals surface area contributed by atoms with Crippen LogP contribution in [0.1, 0.15) is 51.2 Å². The molecule has 1 rings (SSSR count). The minimum absolute atomic E-state index is 0.268. The van der Waals surface area contributed by atoms with Crippen LogP contribution < -0.4 is 5.32 Å². The molecule has 1 N–H and O–H groups in total. The maximum atomic E-state index is 5.72. The van der Waals surface area contributed by atoms with Gasteiger partial charge in [0.2, 0.25) is 0 Å². The lowest BCUT2D eigenvalue weighted by molar-refractivity contribution is -0.0142. The van der Waals surface area contributed by atoms with Crippen LogP contribution in [-0.2, 0) is 10.3 Å². The molecule has 0 aliphatic rings. The summed E-state index contributed by atoms with van der Waals surface area (Å²) in [5.41, 5.74) is 0.897. The minimum Gasteiger partial charge on any atom is -0.369 e. The minimum atomic E-state index is -0.268. The van der Waals surface area contributed by atoms with Gasteiger partial charge in [-0.05, 0) is 27.3 Å². The Bertz CT molecular complexity index is 336. The number of ether oxygens (including phenoxy) is 1. The standard InChI is InChI=1S/C13H24N2OS/c1-6-14-8-10(3)11-9-17-12(15-11)13(4,5)16-7-2/h9-10,14H,6-8H2,1-5H3. The highest BCUT2D eigenvalue weighted by atomic mass is 32.1. The lowest BCUT2D eigenvalue weighted by Crippen LogP contribution is -2.22. The van der Waals surface area contributed by atoms with E-state index in [-0.39, 0.29) is 5.60 Å². The Hall–Kier alpha value is -0.450. The van der Waals surface area contributed by atoms with Gasteiger partial charge in [-0.1, -0.05) is 13.8 Å². The van der Waals surface area contributed by atoms with Crippen molar-refractivity contribution >= 4 is 11.3 Å². The van der Waals surface area contributed by atoms with Crippen molar-refractivity contribution in [3.05, 3.63) is 16.1 Å². The van der Waals surface area contributed by atoms with Crippen LogP contribution in [0.5, 0.6) is 0 Å². The topological polar surface area (TPSA) is 34.1 Å². The van der Waals surface area contributed by atoms with Gasteiger partial charge < -0.3 is 10.1 Å². The van der Waals surface area contributed by atoms with Crippen LogP contribution >= 0.6 is 11.3 Å². The van der Waals surface area contributed by atoms with Gasteiger partial charge in [-0.3, -0.25) is 0 Å². The van der Waals surface area contributed by atoms with Gasteiger partial charge in [-0.25, -0.2) is 4.98 Å². The van der Waals surface area contributed by atoms with Gasteiger partial charge in [-0.15, -0.1) is 11.3 Å². The highest BCUT2D eigenvalue weighted by molar-refractivity contribution is 7.09. The number of hydrogen-bond acceptors (Lipinski definition) is 4. The summed E-state index contributed by atoms with van der Waals surface area (Å²) in [7, 11) is 0. The van der Waals surface area contributed by atoms with Gasteiger partial charge in [0.15, 0.2) is 0 Å². The molecule has 0 saturated carbocycles. The molecule has 0 bridgehead atoms. The molecule has 0 spiro atoms. The Labute approximate surface area is 109 Å². The van der Waals surface area contributed by atoms with Crippen molar-refractivity contribution < 1.29 is 4.74 Å². The number of thiazole rings is 1. The molecule has 3 nitrogen and oxygen atoms in total. The van der Waals surface area contributed by atoms with E-state index in [0.717, 1.165) is 24.7 Å². The van der Waals surface area contributed by atoms with Crippen molar-refractivity contribution in [1.29, 1.82) is 0 Å². The fourth-order valence-corrected chi connectivity index (χ4v) is 2.70. The van der Waals surface area contributed by atoms with Crippen molar-refractivity contribution in [2.24, 2.45) is 0 Å². The maximum Gasteiger partial charge on any atom is 0.124 e. The molecule has 17 heavy (non-hydrogen) atoms. The molecule has 1 aromatic heterocycles. The van der Waals surface area contributed by atoms with Gasteiger partial charge in [0.1, 0.15) is 10.6 Å². The highest BCUT2D eigenvalue weighted by Gasteiger charge is 2.25. The van der Waals surface area contributed by atoms with Crippen molar-refractivity contribution in [2.45, 2.75) is 46.1 Å². The van der Waals surface area contributed by atoms with Crippen LogP contribution in [0.15, 0.2) is 5.38 Å². The molecule has 4 heteroatoms. The summed E-state index contributed by atoms with van der Waals surface area (Å²) in [5, 5.41) is 6.57. The van der Waals surface area contributed by atoms with Gasteiger partial charge in [0.25, 0.3) is 0 Å². The Morgan fingerprint density at radius 3 is 2.76 bits per heavy atom. The summed E-state index contributed by atoms with van der Waals surface area (Å²) in [6, 6.07) is 0. The van der Waals surface area contributed by atoms with Crippen LogP contribution in [0.4, 0.5) is 0 Å². The average Bonchev–Trinajstić information content (AvgIpc) is 2.75. The fraction of sp³-hybridized carbons (Fsp3) is 0.769. The first kappa shape index (κ1) is 14.6. The number of rotatable bonds is 7. The molecular formula is C13H24N2OS. The summed E-state index contributed by atoms with van der Waals surface area (Å²) in [4.78, 5) is 4.71. The molecule has 0 aliphatic carbocycles. The normalized spacial score (nSPS) is 13.9. The lowest BCUT2D eigenvalue weighted by Gasteiger charge is -2.21. The largest absolute Gasteiger partial charge is 0.369 e. The molecular weight excluding hydrogens is 232 g/mol. The van der Waals surface area contributed by atoms with Crippen LogP contribution in [-0.4, -0.2) is 24.7 Å². The smallest absolute Gasteiger partial charge is 0.124 e. The van der Waals surface area contributed by atoms with Crippen LogP contribution in [0, 0.1) is 0 Å². The molecule has 98 valence electrons. The summed E-state index contributed by atoms with van der Waals surface area (Å²) >= 11 is 1.69. The Kier molecular flexibility index (Phi) is 5.56.